The Balaban J connectivity index is 3.40. The Bertz CT molecular complexity index is 97.0. The number of aliphatic hydroxyl groups excluding tert-OH is 3. The van der Waals surface area contributed by atoms with Crippen LogP contribution in [-0.4, -0.2) is 40.8 Å². The van der Waals surface area contributed by atoms with Gasteiger partial charge in [0.1, 0.15) is 12.3 Å². The van der Waals surface area contributed by atoms with Crippen molar-refractivity contribution >= 4 is 0 Å². The lowest BCUT2D eigenvalue weighted by Crippen LogP contribution is -2.41. The molecule has 0 aliphatic carbocycles. The lowest BCUT2D eigenvalue weighted by Gasteiger charge is -2.15. The minimum atomic E-state index is -1.13. The zero-order chi connectivity index (χ0) is 7.98. The third-order valence-electron chi connectivity index (χ3n) is 1.02. The molecule has 0 rings (SSSR count). The molecule has 0 saturated heterocycles. The summed E-state index contributed by atoms with van der Waals surface area (Å²) in [4.78, 5) is 0. The van der Waals surface area contributed by atoms with Crippen LogP contribution in [0.3, 0.4) is 0 Å². The molecule has 2 atom stereocenters. The minimum absolute atomic E-state index is 0.401. The van der Waals surface area contributed by atoms with Gasteiger partial charge in [0, 0.05) is 6.54 Å². The van der Waals surface area contributed by atoms with Crippen LogP contribution in [0.1, 0.15) is 0 Å². The molecule has 0 heterocycles. The summed E-state index contributed by atoms with van der Waals surface area (Å²) in [5, 5.41) is 28.5. The molecule has 4 heteroatoms. The normalized spacial score (nSPS) is 16.3. The molecular weight excluding hydrogens is 134 g/mol. The van der Waals surface area contributed by atoms with E-state index >= 15 is 0 Å². The average molecular weight is 147 g/mol. The first-order chi connectivity index (χ1) is 4.72. The molecule has 2 unspecified atom stereocenters. The lowest BCUT2D eigenvalue weighted by atomic mass is 10.3. The number of aliphatic hydroxyl groups is 3. The van der Waals surface area contributed by atoms with Gasteiger partial charge in [0.25, 0.3) is 0 Å². The molecule has 0 bridgehead atoms. The smallest absolute Gasteiger partial charge is 0.133 e. The van der Waals surface area contributed by atoms with E-state index in [0.717, 1.165) is 0 Å². The van der Waals surface area contributed by atoms with Crippen LogP contribution in [0.5, 0.6) is 0 Å². The summed E-state index contributed by atoms with van der Waals surface area (Å²) in [6, 6.07) is 0. The fourth-order valence-electron chi connectivity index (χ4n) is 0.440. The minimum Gasteiger partial charge on any atom is -0.394 e. The molecule has 0 aromatic rings. The van der Waals surface area contributed by atoms with Gasteiger partial charge in [-0.2, -0.15) is 0 Å². The number of hydrogen-bond donors (Lipinski definition) is 4. The van der Waals surface area contributed by atoms with Crippen LogP contribution in [0.15, 0.2) is 12.7 Å². The quantitative estimate of drug-likeness (QED) is 0.280. The van der Waals surface area contributed by atoms with Crippen LogP contribution >= 0.6 is 0 Å². The van der Waals surface area contributed by atoms with Crippen LogP contribution in [0, 0.1) is 0 Å². The Morgan fingerprint density at radius 1 is 1.50 bits per heavy atom. The van der Waals surface area contributed by atoms with Gasteiger partial charge in [-0.15, -0.1) is 6.58 Å². The standard InChI is InChI=1S/C6H13NO3/c1-2-3-7-6(10)5(9)4-8/h2,5-10H,1,3-4H2. The third kappa shape index (κ3) is 3.58. The molecule has 4 nitrogen and oxygen atoms in total. The molecule has 10 heavy (non-hydrogen) atoms. The van der Waals surface area contributed by atoms with Gasteiger partial charge in [-0.25, -0.2) is 0 Å². The summed E-state index contributed by atoms with van der Waals surface area (Å²) >= 11 is 0. The molecule has 0 amide bonds. The molecule has 0 saturated carbocycles. The van der Waals surface area contributed by atoms with E-state index in [4.69, 9.17) is 15.3 Å². The van der Waals surface area contributed by atoms with Crippen molar-refractivity contribution in [2.24, 2.45) is 0 Å². The molecule has 0 radical (unpaired) electrons. The predicted molar refractivity (Wildman–Crippen MR) is 37.3 cm³/mol. The Hall–Kier alpha value is -0.420. The number of hydrogen-bond acceptors (Lipinski definition) is 4. The van der Waals surface area contributed by atoms with Gasteiger partial charge < -0.3 is 15.3 Å². The van der Waals surface area contributed by atoms with Crippen LogP contribution in [-0.2, 0) is 0 Å². The van der Waals surface area contributed by atoms with E-state index < -0.39 is 18.9 Å². The number of nitrogens with one attached hydrogen (secondary N) is 1. The fourth-order valence-corrected chi connectivity index (χ4v) is 0.440. The first-order valence-corrected chi connectivity index (χ1v) is 3.03. The van der Waals surface area contributed by atoms with Gasteiger partial charge in [-0.3, -0.25) is 5.32 Å². The van der Waals surface area contributed by atoms with Gasteiger partial charge in [-0.05, 0) is 0 Å². The Morgan fingerprint density at radius 3 is 2.50 bits per heavy atom. The van der Waals surface area contributed by atoms with Gasteiger partial charge in [0.15, 0.2) is 0 Å². The molecular formula is C6H13NO3. The van der Waals surface area contributed by atoms with Gasteiger partial charge in [-0.1, -0.05) is 6.08 Å². The molecule has 0 aromatic carbocycles. The molecule has 4 N–H and O–H groups in total. The van der Waals surface area contributed by atoms with Crippen molar-refractivity contribution in [2.75, 3.05) is 13.2 Å². The summed E-state index contributed by atoms with van der Waals surface area (Å²) in [6.45, 7) is 3.35. The SMILES string of the molecule is C=CCNC(O)C(O)CO. The first kappa shape index (κ1) is 9.58. The molecule has 0 aliphatic heterocycles. The molecule has 0 fully saturated rings. The molecule has 0 aliphatic rings. The highest BCUT2D eigenvalue weighted by atomic mass is 16.4. The van der Waals surface area contributed by atoms with E-state index in [9.17, 15) is 0 Å². The molecule has 60 valence electrons. The van der Waals surface area contributed by atoms with E-state index in [-0.39, 0.29) is 0 Å². The Kier molecular flexibility index (Phi) is 5.15. The highest BCUT2D eigenvalue weighted by Crippen LogP contribution is 1.86. The first-order valence-electron chi connectivity index (χ1n) is 3.03. The van der Waals surface area contributed by atoms with Gasteiger partial charge >= 0.3 is 0 Å². The monoisotopic (exact) mass is 147 g/mol. The second kappa shape index (κ2) is 5.37. The van der Waals surface area contributed by atoms with Crippen molar-refractivity contribution in [1.29, 1.82) is 0 Å². The van der Waals surface area contributed by atoms with Crippen LogP contribution in [0.2, 0.25) is 0 Å². The van der Waals surface area contributed by atoms with Gasteiger partial charge in [0.2, 0.25) is 0 Å². The summed E-state index contributed by atoms with van der Waals surface area (Å²) < 4.78 is 0. The summed E-state index contributed by atoms with van der Waals surface area (Å²) in [5.41, 5.74) is 0. The average Bonchev–Trinajstić information content (AvgIpc) is 1.98. The lowest BCUT2D eigenvalue weighted by molar-refractivity contribution is -0.0288. The second-order valence-corrected chi connectivity index (χ2v) is 1.89. The van der Waals surface area contributed by atoms with Crippen molar-refractivity contribution < 1.29 is 15.3 Å². The maximum atomic E-state index is 8.88. The van der Waals surface area contributed by atoms with Crippen molar-refractivity contribution in [3.05, 3.63) is 12.7 Å². The van der Waals surface area contributed by atoms with Crippen molar-refractivity contribution in [3.63, 3.8) is 0 Å². The zero-order valence-corrected chi connectivity index (χ0v) is 5.70. The molecule has 0 aromatic heterocycles. The third-order valence-corrected chi connectivity index (χ3v) is 1.02. The van der Waals surface area contributed by atoms with Crippen LogP contribution in [0.4, 0.5) is 0 Å². The van der Waals surface area contributed by atoms with Crippen LogP contribution in [0.25, 0.3) is 0 Å². The van der Waals surface area contributed by atoms with Crippen molar-refractivity contribution in [2.45, 2.75) is 12.3 Å². The largest absolute Gasteiger partial charge is 0.394 e. The van der Waals surface area contributed by atoms with E-state index in [1.54, 1.807) is 6.08 Å². The highest BCUT2D eigenvalue weighted by molar-refractivity contribution is 4.73. The maximum absolute atomic E-state index is 8.88. The summed E-state index contributed by atoms with van der Waals surface area (Å²) in [5.74, 6) is 0. The predicted octanol–water partition coefficient (Wildman–Crippen LogP) is -1.57. The summed E-state index contributed by atoms with van der Waals surface area (Å²) in [7, 11) is 0. The zero-order valence-electron chi connectivity index (χ0n) is 5.70. The van der Waals surface area contributed by atoms with Crippen molar-refractivity contribution in [1.82, 2.24) is 5.32 Å². The van der Waals surface area contributed by atoms with E-state index in [2.05, 4.69) is 11.9 Å². The van der Waals surface area contributed by atoms with E-state index in [1.165, 1.54) is 0 Å². The highest BCUT2D eigenvalue weighted by Gasteiger charge is 2.12. The molecule has 0 spiro atoms. The fraction of sp³-hybridized carbons (Fsp3) is 0.667. The summed E-state index contributed by atoms with van der Waals surface area (Å²) in [6.07, 6.45) is -0.657. The topological polar surface area (TPSA) is 72.7 Å². The Labute approximate surface area is 59.8 Å². The Morgan fingerprint density at radius 2 is 2.10 bits per heavy atom. The van der Waals surface area contributed by atoms with E-state index in [0.29, 0.717) is 6.54 Å². The second-order valence-electron chi connectivity index (χ2n) is 1.89. The van der Waals surface area contributed by atoms with Crippen molar-refractivity contribution in [3.8, 4) is 0 Å². The van der Waals surface area contributed by atoms with E-state index in [1.807, 2.05) is 0 Å². The maximum Gasteiger partial charge on any atom is 0.133 e. The number of rotatable bonds is 5. The van der Waals surface area contributed by atoms with Gasteiger partial charge in [0.05, 0.1) is 6.61 Å². The van der Waals surface area contributed by atoms with Crippen LogP contribution < -0.4 is 5.32 Å².